The lowest BCUT2D eigenvalue weighted by atomic mass is 10.0. The van der Waals surface area contributed by atoms with Crippen molar-refractivity contribution >= 4 is 33.2 Å². The maximum absolute atomic E-state index is 9.14. The fourth-order valence-electron chi connectivity index (χ4n) is 2.45. The SMILES string of the molecule is Nc1ccc2c(N)c3c(CCO)cccc3nc2c1. The third-order valence-electron chi connectivity index (χ3n) is 3.33. The molecule has 4 nitrogen and oxygen atoms in total. The minimum Gasteiger partial charge on any atom is -0.399 e. The predicted molar refractivity (Wildman–Crippen MR) is 78.9 cm³/mol. The van der Waals surface area contributed by atoms with Gasteiger partial charge in [-0.15, -0.1) is 0 Å². The van der Waals surface area contributed by atoms with Gasteiger partial charge >= 0.3 is 0 Å². The Morgan fingerprint density at radius 2 is 1.89 bits per heavy atom. The van der Waals surface area contributed by atoms with E-state index in [1.54, 1.807) is 0 Å². The van der Waals surface area contributed by atoms with Crippen LogP contribution >= 0.6 is 0 Å². The van der Waals surface area contributed by atoms with Gasteiger partial charge in [0, 0.05) is 23.1 Å². The average Bonchev–Trinajstić information content (AvgIpc) is 2.38. The van der Waals surface area contributed by atoms with Crippen molar-refractivity contribution in [2.75, 3.05) is 18.1 Å². The molecule has 19 heavy (non-hydrogen) atoms. The van der Waals surface area contributed by atoms with E-state index in [1.807, 2.05) is 36.4 Å². The zero-order chi connectivity index (χ0) is 13.4. The molecule has 5 N–H and O–H groups in total. The van der Waals surface area contributed by atoms with E-state index < -0.39 is 0 Å². The Morgan fingerprint density at radius 1 is 1.05 bits per heavy atom. The summed E-state index contributed by atoms with van der Waals surface area (Å²) in [5.41, 5.74) is 16.1. The zero-order valence-corrected chi connectivity index (χ0v) is 10.4. The molecule has 4 heteroatoms. The smallest absolute Gasteiger partial charge is 0.0750 e. The van der Waals surface area contributed by atoms with Gasteiger partial charge in [-0.3, -0.25) is 0 Å². The molecule has 0 atom stereocenters. The van der Waals surface area contributed by atoms with Gasteiger partial charge in [0.1, 0.15) is 0 Å². The Kier molecular flexibility index (Phi) is 2.72. The molecule has 2 aromatic carbocycles. The molecule has 0 aliphatic rings. The highest BCUT2D eigenvalue weighted by atomic mass is 16.2. The largest absolute Gasteiger partial charge is 0.399 e. The number of nitrogens with zero attached hydrogens (tertiary/aromatic N) is 1. The minimum atomic E-state index is 0.0956. The Morgan fingerprint density at radius 3 is 2.68 bits per heavy atom. The molecule has 0 saturated carbocycles. The summed E-state index contributed by atoms with van der Waals surface area (Å²) in [6.07, 6.45) is 0.573. The minimum absolute atomic E-state index is 0.0956. The number of nitrogens with two attached hydrogens (primary N) is 2. The summed E-state index contributed by atoms with van der Waals surface area (Å²) in [5.74, 6) is 0. The Hall–Kier alpha value is -2.33. The monoisotopic (exact) mass is 253 g/mol. The zero-order valence-electron chi connectivity index (χ0n) is 10.4. The van der Waals surface area contributed by atoms with Crippen molar-refractivity contribution in [2.45, 2.75) is 6.42 Å². The van der Waals surface area contributed by atoms with Gasteiger partial charge in [-0.2, -0.15) is 0 Å². The van der Waals surface area contributed by atoms with Crippen LogP contribution in [0.2, 0.25) is 0 Å². The van der Waals surface area contributed by atoms with Gasteiger partial charge in [0.15, 0.2) is 0 Å². The van der Waals surface area contributed by atoms with Crippen molar-refractivity contribution in [2.24, 2.45) is 0 Å². The first-order chi connectivity index (χ1) is 9.20. The van der Waals surface area contributed by atoms with Gasteiger partial charge in [0.2, 0.25) is 0 Å². The number of fused-ring (bicyclic) bond motifs is 2. The van der Waals surface area contributed by atoms with Crippen LogP contribution in [0.3, 0.4) is 0 Å². The molecule has 1 heterocycles. The van der Waals surface area contributed by atoms with Gasteiger partial charge in [0.05, 0.1) is 16.7 Å². The lowest BCUT2D eigenvalue weighted by molar-refractivity contribution is 0.300. The van der Waals surface area contributed by atoms with Crippen molar-refractivity contribution in [3.05, 3.63) is 42.0 Å². The molecule has 0 radical (unpaired) electrons. The molecule has 1 aromatic heterocycles. The van der Waals surface area contributed by atoms with E-state index in [-0.39, 0.29) is 6.61 Å². The number of hydrogen-bond donors (Lipinski definition) is 3. The molecule has 3 rings (SSSR count). The van der Waals surface area contributed by atoms with Crippen LogP contribution in [0.1, 0.15) is 5.56 Å². The third-order valence-corrected chi connectivity index (χ3v) is 3.33. The van der Waals surface area contributed by atoms with Crippen LogP contribution in [-0.2, 0) is 6.42 Å². The standard InChI is InChI=1S/C15H15N3O/c16-10-4-5-11-13(8-10)18-12-3-1-2-9(6-7-19)14(12)15(11)17/h1-5,8,19H,6-7,16H2,(H2,17,18). The van der Waals surface area contributed by atoms with Crippen LogP contribution in [0.15, 0.2) is 36.4 Å². The molecule has 0 spiro atoms. The molecule has 0 saturated heterocycles. The molecular weight excluding hydrogens is 238 g/mol. The number of anilines is 2. The summed E-state index contributed by atoms with van der Waals surface area (Å²) in [7, 11) is 0. The van der Waals surface area contributed by atoms with Gasteiger partial charge in [-0.25, -0.2) is 4.98 Å². The first kappa shape index (κ1) is 11.7. The van der Waals surface area contributed by atoms with E-state index in [0.717, 1.165) is 27.4 Å². The first-order valence-corrected chi connectivity index (χ1v) is 6.18. The van der Waals surface area contributed by atoms with Crippen molar-refractivity contribution in [1.82, 2.24) is 4.98 Å². The summed E-state index contributed by atoms with van der Waals surface area (Å²) in [6.45, 7) is 0.0956. The Labute approximate surface area is 110 Å². The molecule has 0 unspecified atom stereocenters. The normalized spacial score (nSPS) is 11.2. The summed E-state index contributed by atoms with van der Waals surface area (Å²) in [5, 5.41) is 11.0. The van der Waals surface area contributed by atoms with E-state index in [2.05, 4.69) is 4.98 Å². The number of aliphatic hydroxyl groups excluding tert-OH is 1. The lowest BCUT2D eigenvalue weighted by Gasteiger charge is -2.11. The van der Waals surface area contributed by atoms with E-state index in [0.29, 0.717) is 17.8 Å². The third kappa shape index (κ3) is 1.86. The number of nitrogen functional groups attached to an aromatic ring is 2. The highest BCUT2D eigenvalue weighted by Crippen LogP contribution is 2.31. The molecule has 0 bridgehead atoms. The van der Waals surface area contributed by atoms with E-state index in [4.69, 9.17) is 16.6 Å². The second-order valence-corrected chi connectivity index (χ2v) is 4.59. The molecule has 0 aliphatic carbocycles. The number of hydrogen-bond acceptors (Lipinski definition) is 4. The number of aliphatic hydroxyl groups is 1. The lowest BCUT2D eigenvalue weighted by Crippen LogP contribution is -1.99. The van der Waals surface area contributed by atoms with Crippen molar-refractivity contribution in [3.63, 3.8) is 0 Å². The maximum atomic E-state index is 9.14. The summed E-state index contributed by atoms with van der Waals surface area (Å²) >= 11 is 0. The molecule has 3 aromatic rings. The van der Waals surface area contributed by atoms with Crippen LogP contribution in [0.5, 0.6) is 0 Å². The Bertz CT molecular complexity index is 768. The molecule has 0 fully saturated rings. The van der Waals surface area contributed by atoms with Crippen LogP contribution in [0.25, 0.3) is 21.8 Å². The predicted octanol–water partition coefficient (Wildman–Crippen LogP) is 2.09. The summed E-state index contributed by atoms with van der Waals surface area (Å²) in [4.78, 5) is 4.60. The van der Waals surface area contributed by atoms with Gasteiger partial charge < -0.3 is 16.6 Å². The number of benzene rings is 2. The second-order valence-electron chi connectivity index (χ2n) is 4.59. The van der Waals surface area contributed by atoms with Crippen molar-refractivity contribution in [1.29, 1.82) is 0 Å². The fourth-order valence-corrected chi connectivity index (χ4v) is 2.45. The van der Waals surface area contributed by atoms with Gasteiger partial charge in [0.25, 0.3) is 0 Å². The topological polar surface area (TPSA) is 85.2 Å². The van der Waals surface area contributed by atoms with Crippen LogP contribution < -0.4 is 11.5 Å². The van der Waals surface area contributed by atoms with Crippen LogP contribution in [0.4, 0.5) is 11.4 Å². The molecular formula is C15H15N3O. The molecule has 0 amide bonds. The molecule has 0 aliphatic heterocycles. The molecule has 96 valence electrons. The van der Waals surface area contributed by atoms with E-state index >= 15 is 0 Å². The maximum Gasteiger partial charge on any atom is 0.0750 e. The van der Waals surface area contributed by atoms with Crippen molar-refractivity contribution < 1.29 is 5.11 Å². The van der Waals surface area contributed by atoms with Gasteiger partial charge in [-0.05, 0) is 36.2 Å². The number of aromatic nitrogens is 1. The summed E-state index contributed by atoms with van der Waals surface area (Å²) in [6, 6.07) is 11.4. The van der Waals surface area contributed by atoms with Gasteiger partial charge in [-0.1, -0.05) is 12.1 Å². The van der Waals surface area contributed by atoms with Crippen LogP contribution in [-0.4, -0.2) is 16.7 Å². The highest BCUT2D eigenvalue weighted by molar-refractivity contribution is 6.08. The highest BCUT2D eigenvalue weighted by Gasteiger charge is 2.10. The van der Waals surface area contributed by atoms with E-state index in [9.17, 15) is 0 Å². The number of pyridine rings is 1. The quantitative estimate of drug-likeness (QED) is 0.482. The average molecular weight is 253 g/mol. The van der Waals surface area contributed by atoms with E-state index in [1.165, 1.54) is 0 Å². The number of rotatable bonds is 2. The van der Waals surface area contributed by atoms with Crippen molar-refractivity contribution in [3.8, 4) is 0 Å². The second kappa shape index (κ2) is 4.40. The first-order valence-electron chi connectivity index (χ1n) is 6.18. The fraction of sp³-hybridized carbons (Fsp3) is 0.133. The summed E-state index contributed by atoms with van der Waals surface area (Å²) < 4.78 is 0. The van der Waals surface area contributed by atoms with Crippen LogP contribution in [0, 0.1) is 0 Å². The Balaban J connectivity index is 2.43.